The molecule has 0 amide bonds. The lowest BCUT2D eigenvalue weighted by molar-refractivity contribution is 0.615. The van der Waals surface area contributed by atoms with Crippen LogP contribution in [0, 0.1) is 18.3 Å². The second-order valence-electron chi connectivity index (χ2n) is 7.68. The van der Waals surface area contributed by atoms with E-state index >= 15 is 0 Å². The number of hydrogen-bond acceptors (Lipinski definition) is 4. The summed E-state index contributed by atoms with van der Waals surface area (Å²) in [7, 11) is 0. The number of nitrogens with zero attached hydrogens (tertiary/aromatic N) is 3. The molecule has 2 heterocycles. The van der Waals surface area contributed by atoms with Gasteiger partial charge >= 0.3 is 0 Å². The van der Waals surface area contributed by atoms with Crippen LogP contribution in [0.2, 0.25) is 0 Å². The molecule has 3 rings (SSSR count). The first-order chi connectivity index (χ1) is 14.4. The summed E-state index contributed by atoms with van der Waals surface area (Å²) in [6.07, 6.45) is 3.39. The van der Waals surface area contributed by atoms with Crippen LogP contribution in [0.4, 0.5) is 5.82 Å². The number of fused-ring (bicyclic) bond motifs is 1. The van der Waals surface area contributed by atoms with Gasteiger partial charge in [-0.05, 0) is 31.4 Å². The summed E-state index contributed by atoms with van der Waals surface area (Å²) in [5.74, 6) is 0.146. The molecular weight excluding hydrogens is 376 g/mol. The van der Waals surface area contributed by atoms with Crippen molar-refractivity contribution in [2.45, 2.75) is 59.5 Å². The minimum Gasteiger partial charge on any atom is -0.384 e. The summed E-state index contributed by atoms with van der Waals surface area (Å²) in [5.41, 5.74) is 8.30. The van der Waals surface area contributed by atoms with E-state index in [2.05, 4.69) is 6.92 Å². The van der Waals surface area contributed by atoms with Crippen molar-refractivity contribution < 1.29 is 0 Å². The maximum atomic E-state index is 13.6. The summed E-state index contributed by atoms with van der Waals surface area (Å²) in [5, 5.41) is 10.3. The summed E-state index contributed by atoms with van der Waals surface area (Å²) in [4.78, 5) is 26.5. The third-order valence-electron chi connectivity index (χ3n) is 5.51. The predicted octanol–water partition coefficient (Wildman–Crippen LogP) is 4.19. The molecule has 156 valence electrons. The van der Waals surface area contributed by atoms with Crippen LogP contribution in [0.1, 0.15) is 50.7 Å². The van der Waals surface area contributed by atoms with E-state index in [1.807, 2.05) is 44.2 Å². The van der Waals surface area contributed by atoms with Crippen molar-refractivity contribution in [2.24, 2.45) is 0 Å². The lowest BCUT2D eigenvalue weighted by atomic mass is 10.0. The van der Waals surface area contributed by atoms with Gasteiger partial charge in [-0.25, -0.2) is 0 Å². The SMILES string of the molecule is CCCCn1c(N)c2c(=O)n(CCCC)c(-c3ccc(C)cc3)cc2c(C#N)c1=O. The molecule has 0 bridgehead atoms. The lowest BCUT2D eigenvalue weighted by Crippen LogP contribution is -2.30. The Balaban J connectivity index is 2.43. The van der Waals surface area contributed by atoms with E-state index in [1.54, 1.807) is 10.6 Å². The van der Waals surface area contributed by atoms with Crippen LogP contribution in [0.25, 0.3) is 22.0 Å². The number of unbranched alkanes of at least 4 members (excludes halogenated alkanes) is 2. The van der Waals surface area contributed by atoms with Crippen molar-refractivity contribution in [3.05, 3.63) is 62.2 Å². The summed E-state index contributed by atoms with van der Waals surface area (Å²) >= 11 is 0. The second kappa shape index (κ2) is 9.00. The van der Waals surface area contributed by atoms with Crippen molar-refractivity contribution in [3.8, 4) is 17.3 Å². The molecule has 2 N–H and O–H groups in total. The fourth-order valence-electron chi connectivity index (χ4n) is 3.73. The van der Waals surface area contributed by atoms with Crippen LogP contribution in [0.15, 0.2) is 39.9 Å². The van der Waals surface area contributed by atoms with Gasteiger partial charge in [0.05, 0.1) is 11.1 Å². The number of rotatable bonds is 7. The Hall–Kier alpha value is -3.33. The molecule has 0 spiro atoms. The van der Waals surface area contributed by atoms with Crippen molar-refractivity contribution in [1.29, 1.82) is 5.26 Å². The van der Waals surface area contributed by atoms with Crippen molar-refractivity contribution in [3.63, 3.8) is 0 Å². The van der Waals surface area contributed by atoms with E-state index in [1.165, 1.54) is 4.57 Å². The summed E-state index contributed by atoms with van der Waals surface area (Å²) in [6.45, 7) is 7.02. The second-order valence-corrected chi connectivity index (χ2v) is 7.68. The normalized spacial score (nSPS) is 11.0. The fourth-order valence-corrected chi connectivity index (χ4v) is 3.73. The molecule has 3 aromatic rings. The number of benzene rings is 1. The van der Waals surface area contributed by atoms with E-state index in [4.69, 9.17) is 5.73 Å². The number of nitriles is 1. The third-order valence-corrected chi connectivity index (χ3v) is 5.51. The Kier molecular flexibility index (Phi) is 6.41. The smallest absolute Gasteiger partial charge is 0.270 e. The Bertz CT molecular complexity index is 1230. The molecule has 6 nitrogen and oxygen atoms in total. The van der Waals surface area contributed by atoms with Crippen LogP contribution in [0.5, 0.6) is 0 Å². The predicted molar refractivity (Wildman–Crippen MR) is 122 cm³/mol. The molecule has 0 saturated carbocycles. The minimum atomic E-state index is -0.434. The largest absolute Gasteiger partial charge is 0.384 e. The number of aromatic nitrogens is 2. The quantitative estimate of drug-likeness (QED) is 0.639. The van der Waals surface area contributed by atoms with Crippen LogP contribution in [0.3, 0.4) is 0 Å². The minimum absolute atomic E-state index is 0.0246. The number of nitrogen functional groups attached to an aromatic ring is 1. The Morgan fingerprint density at radius 3 is 2.13 bits per heavy atom. The van der Waals surface area contributed by atoms with Gasteiger partial charge in [0.1, 0.15) is 17.5 Å². The molecule has 0 fully saturated rings. The van der Waals surface area contributed by atoms with E-state index in [0.717, 1.165) is 36.8 Å². The molecule has 0 aliphatic carbocycles. The first-order valence-electron chi connectivity index (χ1n) is 10.5. The van der Waals surface area contributed by atoms with Gasteiger partial charge in [0.15, 0.2) is 0 Å². The standard InChI is InChI=1S/C24H28N4O2/c1-4-6-12-27-20(17-10-8-16(3)9-11-17)14-18-19(15-25)23(29)28(13-7-5-2)22(26)21(18)24(27)30/h8-11,14H,4-7,12-13,26H2,1-3H3. The molecule has 30 heavy (non-hydrogen) atoms. The maximum Gasteiger partial charge on any atom is 0.270 e. The first kappa shape index (κ1) is 21.4. The fraction of sp³-hybridized carbons (Fsp3) is 0.375. The van der Waals surface area contributed by atoms with E-state index in [9.17, 15) is 14.9 Å². The van der Waals surface area contributed by atoms with Gasteiger partial charge in [-0.1, -0.05) is 56.5 Å². The number of hydrogen-bond donors (Lipinski definition) is 1. The zero-order chi connectivity index (χ0) is 21.8. The molecular formula is C24H28N4O2. The van der Waals surface area contributed by atoms with Crippen molar-refractivity contribution >= 4 is 16.6 Å². The number of nitrogens with two attached hydrogens (primary N) is 1. The molecule has 0 unspecified atom stereocenters. The van der Waals surface area contributed by atoms with Gasteiger partial charge in [-0.3, -0.25) is 14.2 Å². The molecule has 1 aromatic carbocycles. The molecule has 0 saturated heterocycles. The van der Waals surface area contributed by atoms with Crippen molar-refractivity contribution in [2.75, 3.05) is 5.73 Å². The first-order valence-corrected chi connectivity index (χ1v) is 10.5. The van der Waals surface area contributed by atoms with Crippen LogP contribution in [-0.4, -0.2) is 9.13 Å². The van der Waals surface area contributed by atoms with Crippen LogP contribution >= 0.6 is 0 Å². The van der Waals surface area contributed by atoms with Gasteiger partial charge in [-0.15, -0.1) is 0 Å². The van der Waals surface area contributed by atoms with Crippen molar-refractivity contribution in [1.82, 2.24) is 9.13 Å². The molecule has 0 aliphatic rings. The molecule has 6 heteroatoms. The van der Waals surface area contributed by atoms with E-state index < -0.39 is 5.56 Å². The summed E-state index contributed by atoms with van der Waals surface area (Å²) < 4.78 is 3.10. The van der Waals surface area contributed by atoms with Gasteiger partial charge in [0.2, 0.25) is 0 Å². The lowest BCUT2D eigenvalue weighted by Gasteiger charge is -2.18. The molecule has 2 aromatic heterocycles. The summed E-state index contributed by atoms with van der Waals surface area (Å²) in [6, 6.07) is 11.7. The zero-order valence-corrected chi connectivity index (χ0v) is 17.9. The van der Waals surface area contributed by atoms with Gasteiger partial charge in [0.25, 0.3) is 11.1 Å². The van der Waals surface area contributed by atoms with Crippen LogP contribution < -0.4 is 16.9 Å². The third kappa shape index (κ3) is 3.76. The average molecular weight is 405 g/mol. The van der Waals surface area contributed by atoms with Crippen LogP contribution in [-0.2, 0) is 13.1 Å². The van der Waals surface area contributed by atoms with Gasteiger partial charge in [0, 0.05) is 18.5 Å². The van der Waals surface area contributed by atoms with Gasteiger partial charge in [-0.2, -0.15) is 5.26 Å². The zero-order valence-electron chi connectivity index (χ0n) is 17.9. The monoisotopic (exact) mass is 404 g/mol. The topological polar surface area (TPSA) is 93.8 Å². The number of pyridine rings is 2. The molecule has 0 atom stereocenters. The number of aryl methyl sites for hydroxylation is 1. The van der Waals surface area contributed by atoms with E-state index in [-0.39, 0.29) is 22.3 Å². The molecule has 0 radical (unpaired) electrons. The highest BCUT2D eigenvalue weighted by Gasteiger charge is 2.20. The Morgan fingerprint density at radius 1 is 0.967 bits per heavy atom. The maximum absolute atomic E-state index is 13.6. The molecule has 0 aliphatic heterocycles. The van der Waals surface area contributed by atoms with E-state index in [0.29, 0.717) is 24.2 Å². The highest BCUT2D eigenvalue weighted by Crippen LogP contribution is 2.27. The average Bonchev–Trinajstić information content (AvgIpc) is 2.73. The highest BCUT2D eigenvalue weighted by molar-refractivity contribution is 5.96. The number of anilines is 1. The Labute approximate surface area is 176 Å². The van der Waals surface area contributed by atoms with Gasteiger partial charge < -0.3 is 10.3 Å². The highest BCUT2D eigenvalue weighted by atomic mass is 16.1. The Morgan fingerprint density at radius 2 is 1.57 bits per heavy atom.